The van der Waals surface area contributed by atoms with Crippen LogP contribution in [-0.4, -0.2) is 21.7 Å². The highest BCUT2D eigenvalue weighted by molar-refractivity contribution is 6.30. The van der Waals surface area contributed by atoms with Crippen molar-refractivity contribution in [2.45, 2.75) is 57.4 Å². The molecule has 2 aromatic rings. The standard InChI is InChI=1S/C19H22ClN3O2/c20-14-8-6-13(7-9-14)18-11-23-16(12-25-18)10-17(22-23)19(24)21-15-4-2-1-3-5-15/h6-10,15,18H,1-5,11-12H2,(H,21,24). The number of fused-ring (bicyclic) bond motifs is 1. The van der Waals surface area contributed by atoms with Crippen molar-refractivity contribution in [2.75, 3.05) is 0 Å². The molecule has 1 saturated carbocycles. The molecule has 1 unspecified atom stereocenters. The fraction of sp³-hybridized carbons (Fsp3) is 0.474. The van der Waals surface area contributed by atoms with Gasteiger partial charge in [-0.3, -0.25) is 9.48 Å². The molecule has 0 radical (unpaired) electrons. The van der Waals surface area contributed by atoms with Crippen molar-refractivity contribution in [3.05, 3.63) is 52.3 Å². The van der Waals surface area contributed by atoms with Crippen LogP contribution in [-0.2, 0) is 17.9 Å². The fourth-order valence-electron chi connectivity index (χ4n) is 3.62. The minimum absolute atomic E-state index is 0.0704. The van der Waals surface area contributed by atoms with Gasteiger partial charge < -0.3 is 10.1 Å². The van der Waals surface area contributed by atoms with Gasteiger partial charge in [0.25, 0.3) is 5.91 Å². The zero-order chi connectivity index (χ0) is 17.2. The molecular formula is C19H22ClN3O2. The Labute approximate surface area is 152 Å². The summed E-state index contributed by atoms with van der Waals surface area (Å²) in [6.45, 7) is 1.06. The average Bonchev–Trinajstić information content (AvgIpc) is 3.06. The second kappa shape index (κ2) is 7.18. The van der Waals surface area contributed by atoms with Crippen molar-refractivity contribution in [2.24, 2.45) is 0 Å². The molecule has 132 valence electrons. The fourth-order valence-corrected chi connectivity index (χ4v) is 3.75. The first-order chi connectivity index (χ1) is 12.2. The van der Waals surface area contributed by atoms with Gasteiger partial charge in [-0.1, -0.05) is 43.0 Å². The van der Waals surface area contributed by atoms with Crippen LogP contribution in [0.25, 0.3) is 0 Å². The number of aromatic nitrogens is 2. The maximum Gasteiger partial charge on any atom is 0.272 e. The lowest BCUT2D eigenvalue weighted by molar-refractivity contribution is -0.00119. The van der Waals surface area contributed by atoms with Gasteiger partial charge in [0.2, 0.25) is 0 Å². The second-order valence-electron chi connectivity index (χ2n) is 6.86. The molecule has 1 N–H and O–H groups in total. The third kappa shape index (κ3) is 3.72. The molecule has 6 heteroatoms. The van der Waals surface area contributed by atoms with Crippen molar-refractivity contribution in [1.29, 1.82) is 0 Å². The minimum atomic E-state index is -0.0724. The van der Waals surface area contributed by atoms with E-state index < -0.39 is 0 Å². The van der Waals surface area contributed by atoms with Crippen molar-refractivity contribution in [3.63, 3.8) is 0 Å². The molecule has 0 bridgehead atoms. The minimum Gasteiger partial charge on any atom is -0.365 e. The summed E-state index contributed by atoms with van der Waals surface area (Å²) < 4.78 is 7.83. The van der Waals surface area contributed by atoms with Gasteiger partial charge in [0.05, 0.1) is 18.8 Å². The summed E-state index contributed by atoms with van der Waals surface area (Å²) in [7, 11) is 0. The van der Waals surface area contributed by atoms with Gasteiger partial charge in [0.15, 0.2) is 5.69 Å². The van der Waals surface area contributed by atoms with Crippen LogP contribution >= 0.6 is 11.6 Å². The zero-order valence-corrected chi connectivity index (χ0v) is 14.8. The van der Waals surface area contributed by atoms with E-state index in [9.17, 15) is 4.79 Å². The predicted molar refractivity (Wildman–Crippen MR) is 95.5 cm³/mol. The number of carbonyl (C=O) groups is 1. The number of rotatable bonds is 3. The number of carbonyl (C=O) groups excluding carboxylic acids is 1. The molecule has 1 aliphatic carbocycles. The number of nitrogens with zero attached hydrogens (tertiary/aromatic N) is 2. The molecule has 5 nitrogen and oxygen atoms in total. The van der Waals surface area contributed by atoms with E-state index in [4.69, 9.17) is 16.3 Å². The molecule has 1 atom stereocenters. The molecule has 1 aromatic carbocycles. The highest BCUT2D eigenvalue weighted by Crippen LogP contribution is 2.27. The Kier molecular flexibility index (Phi) is 4.77. The Bertz CT molecular complexity index is 751. The number of nitrogens with one attached hydrogen (secondary N) is 1. The number of amides is 1. The van der Waals surface area contributed by atoms with E-state index >= 15 is 0 Å². The molecule has 1 amide bonds. The van der Waals surface area contributed by atoms with E-state index in [1.807, 2.05) is 35.0 Å². The first kappa shape index (κ1) is 16.6. The maximum atomic E-state index is 12.5. The van der Waals surface area contributed by atoms with Crippen molar-refractivity contribution in [3.8, 4) is 0 Å². The van der Waals surface area contributed by atoms with Crippen LogP contribution in [0, 0.1) is 0 Å². The highest BCUT2D eigenvalue weighted by atomic mass is 35.5. The summed E-state index contributed by atoms with van der Waals surface area (Å²) in [4.78, 5) is 12.5. The zero-order valence-electron chi connectivity index (χ0n) is 14.1. The number of ether oxygens (including phenoxy) is 1. The van der Waals surface area contributed by atoms with Crippen LogP contribution in [0.2, 0.25) is 5.02 Å². The van der Waals surface area contributed by atoms with Gasteiger partial charge in [0, 0.05) is 11.1 Å². The lowest BCUT2D eigenvalue weighted by Gasteiger charge is -2.24. The summed E-state index contributed by atoms with van der Waals surface area (Å²) in [5.41, 5.74) is 2.50. The van der Waals surface area contributed by atoms with E-state index in [1.165, 1.54) is 19.3 Å². The van der Waals surface area contributed by atoms with Gasteiger partial charge in [-0.15, -0.1) is 0 Å². The van der Waals surface area contributed by atoms with E-state index in [1.54, 1.807) is 0 Å². The summed E-state index contributed by atoms with van der Waals surface area (Å²) in [6.07, 6.45) is 5.73. The van der Waals surface area contributed by atoms with E-state index in [2.05, 4.69) is 10.4 Å². The van der Waals surface area contributed by atoms with Crippen LogP contribution in [0.3, 0.4) is 0 Å². The van der Waals surface area contributed by atoms with Crippen molar-refractivity contribution in [1.82, 2.24) is 15.1 Å². The van der Waals surface area contributed by atoms with Crippen molar-refractivity contribution < 1.29 is 9.53 Å². The molecule has 2 aliphatic rings. The molecule has 1 fully saturated rings. The summed E-state index contributed by atoms with van der Waals surface area (Å²) in [6, 6.07) is 9.80. The smallest absolute Gasteiger partial charge is 0.272 e. The normalized spacial score (nSPS) is 20.9. The average molecular weight is 360 g/mol. The summed E-state index contributed by atoms with van der Waals surface area (Å²) in [5.74, 6) is -0.0724. The largest absolute Gasteiger partial charge is 0.365 e. The molecule has 0 spiro atoms. The van der Waals surface area contributed by atoms with Crippen molar-refractivity contribution >= 4 is 17.5 Å². The van der Waals surface area contributed by atoms with Gasteiger partial charge in [-0.05, 0) is 36.6 Å². The lowest BCUT2D eigenvalue weighted by Crippen LogP contribution is -2.36. The third-order valence-corrected chi connectivity index (χ3v) is 5.30. The van der Waals surface area contributed by atoms with Gasteiger partial charge in [-0.2, -0.15) is 5.10 Å². The van der Waals surface area contributed by atoms with Gasteiger partial charge in [0.1, 0.15) is 6.10 Å². The maximum absolute atomic E-state index is 12.5. The van der Waals surface area contributed by atoms with Gasteiger partial charge in [-0.25, -0.2) is 0 Å². The molecular weight excluding hydrogens is 338 g/mol. The summed E-state index contributed by atoms with van der Waals surface area (Å²) in [5, 5.41) is 8.34. The number of halogens is 1. The topological polar surface area (TPSA) is 56.2 Å². The number of benzene rings is 1. The van der Waals surface area contributed by atoms with Crippen LogP contribution in [0.5, 0.6) is 0 Å². The van der Waals surface area contributed by atoms with Crippen LogP contribution in [0.4, 0.5) is 0 Å². The Morgan fingerprint density at radius 1 is 1.20 bits per heavy atom. The highest BCUT2D eigenvalue weighted by Gasteiger charge is 2.25. The second-order valence-corrected chi connectivity index (χ2v) is 7.30. The Morgan fingerprint density at radius 3 is 2.72 bits per heavy atom. The molecule has 0 saturated heterocycles. The lowest BCUT2D eigenvalue weighted by atomic mass is 9.95. The quantitative estimate of drug-likeness (QED) is 0.905. The Balaban J connectivity index is 1.44. The number of hydrogen-bond donors (Lipinski definition) is 1. The Hall–Kier alpha value is -1.85. The predicted octanol–water partition coefficient (Wildman–Crippen LogP) is 3.87. The Morgan fingerprint density at radius 2 is 1.96 bits per heavy atom. The van der Waals surface area contributed by atoms with Gasteiger partial charge >= 0.3 is 0 Å². The van der Waals surface area contributed by atoms with Crippen LogP contribution < -0.4 is 5.32 Å². The molecule has 25 heavy (non-hydrogen) atoms. The molecule has 1 aliphatic heterocycles. The van der Waals surface area contributed by atoms with E-state index in [0.717, 1.165) is 24.1 Å². The van der Waals surface area contributed by atoms with E-state index in [-0.39, 0.29) is 18.1 Å². The third-order valence-electron chi connectivity index (χ3n) is 5.05. The first-order valence-electron chi connectivity index (χ1n) is 8.94. The van der Waals surface area contributed by atoms with Crippen LogP contribution in [0.15, 0.2) is 30.3 Å². The SMILES string of the molecule is O=C(NC1CCCCC1)c1cc2n(n1)CC(c1ccc(Cl)cc1)OC2. The first-order valence-corrected chi connectivity index (χ1v) is 9.31. The molecule has 1 aromatic heterocycles. The monoisotopic (exact) mass is 359 g/mol. The van der Waals surface area contributed by atoms with Crippen LogP contribution in [0.1, 0.15) is 60.0 Å². The van der Waals surface area contributed by atoms with E-state index in [0.29, 0.717) is 23.9 Å². The molecule has 4 rings (SSSR count). The number of hydrogen-bond acceptors (Lipinski definition) is 3. The molecule has 2 heterocycles. The summed E-state index contributed by atoms with van der Waals surface area (Å²) >= 11 is 5.95.